The van der Waals surface area contributed by atoms with Crippen LogP contribution >= 0.6 is 0 Å². The first-order chi connectivity index (χ1) is 11.0. The van der Waals surface area contributed by atoms with Gasteiger partial charge in [0.15, 0.2) is 0 Å². The molecule has 0 atom stereocenters. The fraction of sp³-hybridized carbons (Fsp3) is 0.0625. The van der Waals surface area contributed by atoms with Gasteiger partial charge < -0.3 is 10.6 Å². The second-order valence-corrected chi connectivity index (χ2v) is 6.82. The molecule has 0 spiro atoms. The molecule has 0 saturated heterocycles. The van der Waals surface area contributed by atoms with E-state index in [4.69, 9.17) is 0 Å². The number of sulfonamides is 1. The van der Waals surface area contributed by atoms with Gasteiger partial charge in [0.25, 0.3) is 5.91 Å². The highest BCUT2D eigenvalue weighted by Gasteiger charge is 2.23. The lowest BCUT2D eigenvalue weighted by molar-refractivity contribution is -0.110. The van der Waals surface area contributed by atoms with E-state index in [0.29, 0.717) is 11.3 Å². The van der Waals surface area contributed by atoms with Crippen molar-refractivity contribution in [2.75, 3.05) is 17.7 Å². The summed E-state index contributed by atoms with van der Waals surface area (Å²) in [6.07, 6.45) is 1.61. The highest BCUT2D eigenvalue weighted by atomic mass is 32.2. The van der Waals surface area contributed by atoms with Crippen molar-refractivity contribution in [1.82, 2.24) is 4.72 Å². The SMILES string of the molecule is CNS(=O)(=O)c1ccc(N/C=C2\C(=O)Nc3ccccc32)cc1. The Balaban J connectivity index is 1.82. The number of amides is 1. The number of nitrogens with one attached hydrogen (secondary N) is 3. The van der Waals surface area contributed by atoms with E-state index in [9.17, 15) is 13.2 Å². The minimum atomic E-state index is -3.45. The molecular weight excluding hydrogens is 314 g/mol. The molecule has 2 aromatic carbocycles. The molecule has 2 aromatic rings. The van der Waals surface area contributed by atoms with E-state index in [1.807, 2.05) is 24.3 Å². The van der Waals surface area contributed by atoms with Gasteiger partial charge in [0.1, 0.15) is 0 Å². The average Bonchev–Trinajstić information content (AvgIpc) is 2.88. The van der Waals surface area contributed by atoms with Gasteiger partial charge >= 0.3 is 0 Å². The van der Waals surface area contributed by atoms with E-state index in [1.54, 1.807) is 18.3 Å². The molecule has 1 amide bonds. The Bertz CT molecular complexity index is 887. The molecule has 0 aliphatic carbocycles. The van der Waals surface area contributed by atoms with Crippen molar-refractivity contribution in [1.29, 1.82) is 0 Å². The van der Waals surface area contributed by atoms with E-state index in [-0.39, 0.29) is 10.8 Å². The highest BCUT2D eigenvalue weighted by Crippen LogP contribution is 2.31. The largest absolute Gasteiger partial charge is 0.361 e. The number of anilines is 2. The summed E-state index contributed by atoms with van der Waals surface area (Å²) in [7, 11) is -2.09. The Morgan fingerprint density at radius 1 is 1.04 bits per heavy atom. The van der Waals surface area contributed by atoms with Gasteiger partial charge in [0.05, 0.1) is 10.5 Å². The van der Waals surface area contributed by atoms with Crippen molar-refractivity contribution >= 4 is 32.9 Å². The normalized spacial score (nSPS) is 15.3. The van der Waals surface area contributed by atoms with Crippen LogP contribution in [0.5, 0.6) is 0 Å². The minimum absolute atomic E-state index is 0.173. The van der Waals surface area contributed by atoms with E-state index in [0.717, 1.165) is 11.3 Å². The number of carbonyl (C=O) groups excluding carboxylic acids is 1. The van der Waals surface area contributed by atoms with Gasteiger partial charge in [-0.1, -0.05) is 18.2 Å². The van der Waals surface area contributed by atoms with Gasteiger partial charge in [-0.3, -0.25) is 4.79 Å². The van der Waals surface area contributed by atoms with Gasteiger partial charge in [-0.05, 0) is 37.4 Å². The quantitative estimate of drug-likeness (QED) is 0.749. The third-order valence-corrected chi connectivity index (χ3v) is 4.96. The Morgan fingerprint density at radius 3 is 2.43 bits per heavy atom. The zero-order chi connectivity index (χ0) is 16.4. The number of hydrogen-bond acceptors (Lipinski definition) is 4. The molecule has 0 saturated carbocycles. The van der Waals surface area contributed by atoms with E-state index < -0.39 is 10.0 Å². The van der Waals surface area contributed by atoms with E-state index >= 15 is 0 Å². The third kappa shape index (κ3) is 2.96. The van der Waals surface area contributed by atoms with Crippen molar-refractivity contribution in [2.45, 2.75) is 4.90 Å². The summed E-state index contributed by atoms with van der Waals surface area (Å²) in [6.45, 7) is 0. The summed E-state index contributed by atoms with van der Waals surface area (Å²) in [4.78, 5) is 12.2. The van der Waals surface area contributed by atoms with E-state index in [2.05, 4.69) is 15.4 Å². The van der Waals surface area contributed by atoms with Crippen molar-refractivity contribution in [3.8, 4) is 0 Å². The van der Waals surface area contributed by atoms with Crippen LogP contribution in [0.1, 0.15) is 5.56 Å². The Kier molecular flexibility index (Phi) is 3.89. The number of hydrogen-bond donors (Lipinski definition) is 3. The van der Waals surface area contributed by atoms with Crippen LogP contribution in [-0.2, 0) is 14.8 Å². The lowest BCUT2D eigenvalue weighted by Crippen LogP contribution is -2.18. The van der Waals surface area contributed by atoms with Crippen molar-refractivity contribution < 1.29 is 13.2 Å². The maximum atomic E-state index is 12.0. The van der Waals surface area contributed by atoms with Crippen LogP contribution in [0, 0.1) is 0 Å². The van der Waals surface area contributed by atoms with Crippen LogP contribution in [0.4, 0.5) is 11.4 Å². The molecule has 3 N–H and O–H groups in total. The first kappa shape index (κ1) is 15.3. The maximum Gasteiger partial charge on any atom is 0.257 e. The molecule has 118 valence electrons. The Morgan fingerprint density at radius 2 is 1.74 bits per heavy atom. The van der Waals surface area contributed by atoms with E-state index in [1.165, 1.54) is 19.2 Å². The molecule has 3 rings (SSSR count). The molecule has 1 heterocycles. The molecular formula is C16H15N3O3S. The standard InChI is InChI=1S/C16H15N3O3S/c1-17-23(21,22)12-8-6-11(7-9-12)18-10-14-13-4-2-3-5-15(13)19-16(14)20/h2-10,17-18H,1H3,(H,19,20)/b14-10-. The fourth-order valence-electron chi connectivity index (χ4n) is 2.29. The van der Waals surface area contributed by atoms with Crippen LogP contribution in [0.15, 0.2) is 59.6 Å². The molecule has 0 bridgehead atoms. The molecule has 0 unspecified atom stereocenters. The minimum Gasteiger partial charge on any atom is -0.361 e. The molecule has 1 aliphatic rings. The molecule has 0 radical (unpaired) electrons. The number of rotatable bonds is 4. The van der Waals surface area contributed by atoms with Gasteiger partial charge in [0, 0.05) is 23.1 Å². The summed E-state index contributed by atoms with van der Waals surface area (Å²) >= 11 is 0. The second kappa shape index (κ2) is 5.86. The number of carbonyl (C=O) groups is 1. The van der Waals surface area contributed by atoms with Gasteiger partial charge in [0.2, 0.25) is 10.0 Å². The van der Waals surface area contributed by atoms with Gasteiger partial charge in [-0.2, -0.15) is 0 Å². The fourth-order valence-corrected chi connectivity index (χ4v) is 3.02. The number of para-hydroxylation sites is 1. The lowest BCUT2D eigenvalue weighted by atomic mass is 10.1. The first-order valence-electron chi connectivity index (χ1n) is 6.92. The molecule has 7 heteroatoms. The predicted molar refractivity (Wildman–Crippen MR) is 89.4 cm³/mol. The van der Waals surface area contributed by atoms with Crippen molar-refractivity contribution in [2.24, 2.45) is 0 Å². The summed E-state index contributed by atoms with van der Waals surface area (Å²) in [6, 6.07) is 13.7. The van der Waals surface area contributed by atoms with Crippen LogP contribution in [-0.4, -0.2) is 21.4 Å². The van der Waals surface area contributed by atoms with Crippen LogP contribution in [0.25, 0.3) is 5.57 Å². The van der Waals surface area contributed by atoms with Crippen LogP contribution < -0.4 is 15.4 Å². The maximum absolute atomic E-state index is 12.0. The van der Waals surface area contributed by atoms with Gasteiger partial charge in [-0.15, -0.1) is 0 Å². The molecule has 23 heavy (non-hydrogen) atoms. The first-order valence-corrected chi connectivity index (χ1v) is 8.40. The Hall–Kier alpha value is -2.64. The smallest absolute Gasteiger partial charge is 0.257 e. The zero-order valence-corrected chi connectivity index (χ0v) is 13.1. The lowest BCUT2D eigenvalue weighted by Gasteiger charge is -2.05. The van der Waals surface area contributed by atoms with Crippen LogP contribution in [0.3, 0.4) is 0 Å². The second-order valence-electron chi connectivity index (χ2n) is 4.93. The third-order valence-electron chi connectivity index (χ3n) is 3.53. The van der Waals surface area contributed by atoms with Crippen molar-refractivity contribution in [3.63, 3.8) is 0 Å². The number of benzene rings is 2. The topological polar surface area (TPSA) is 87.3 Å². The van der Waals surface area contributed by atoms with Crippen molar-refractivity contribution in [3.05, 3.63) is 60.3 Å². The van der Waals surface area contributed by atoms with Gasteiger partial charge in [-0.25, -0.2) is 13.1 Å². The van der Waals surface area contributed by atoms with Crippen LogP contribution in [0.2, 0.25) is 0 Å². The zero-order valence-electron chi connectivity index (χ0n) is 12.3. The Labute approximate surface area is 134 Å². The summed E-state index contributed by atoms with van der Waals surface area (Å²) in [5.74, 6) is -0.173. The molecule has 0 aromatic heterocycles. The molecule has 6 nitrogen and oxygen atoms in total. The molecule has 1 aliphatic heterocycles. The monoisotopic (exact) mass is 329 g/mol. The summed E-state index contributed by atoms with van der Waals surface area (Å²) in [5.41, 5.74) is 2.83. The highest BCUT2D eigenvalue weighted by molar-refractivity contribution is 7.89. The average molecular weight is 329 g/mol. The predicted octanol–water partition coefficient (Wildman–Crippen LogP) is 2.00. The molecule has 0 fully saturated rings. The summed E-state index contributed by atoms with van der Waals surface area (Å²) in [5, 5.41) is 5.80. The number of fused-ring (bicyclic) bond motifs is 1. The summed E-state index contributed by atoms with van der Waals surface area (Å²) < 4.78 is 25.6.